The fourth-order valence-electron chi connectivity index (χ4n) is 1.20. The summed E-state index contributed by atoms with van der Waals surface area (Å²) >= 11 is 0. The smallest absolute Gasteiger partial charge is 0.261 e. The summed E-state index contributed by atoms with van der Waals surface area (Å²) in [5, 5.41) is 1.83. The summed E-state index contributed by atoms with van der Waals surface area (Å²) in [7, 11) is -4.75. The number of nitrogens with zero attached hydrogens (tertiary/aromatic N) is 1. The summed E-state index contributed by atoms with van der Waals surface area (Å²) in [4.78, 5) is 3.61. The van der Waals surface area contributed by atoms with E-state index in [0.717, 1.165) is 12.3 Å². The molecule has 0 aliphatic carbocycles. The van der Waals surface area contributed by atoms with Gasteiger partial charge in [0, 0.05) is 11.9 Å². The summed E-state index contributed by atoms with van der Waals surface area (Å²) in [5.41, 5.74) is -0.000283. The molecule has 1 aromatic rings. The highest BCUT2D eigenvalue weighted by atomic mass is 32.2. The number of rotatable bonds is 2. The van der Waals surface area contributed by atoms with Gasteiger partial charge in [-0.25, -0.2) is 13.6 Å². The van der Waals surface area contributed by atoms with Crippen LogP contribution in [0.1, 0.15) is 16.5 Å². The van der Waals surface area contributed by atoms with Gasteiger partial charge in [0.25, 0.3) is 0 Å². The first-order valence-corrected chi connectivity index (χ1v) is 5.74. The lowest BCUT2D eigenvalue weighted by Gasteiger charge is -2.18. The van der Waals surface area contributed by atoms with E-state index in [4.69, 9.17) is 0 Å². The summed E-state index contributed by atoms with van der Waals surface area (Å²) in [6, 6.07) is 2.34. The predicted molar refractivity (Wildman–Crippen MR) is 50.9 cm³/mol. The number of halogens is 3. The van der Waals surface area contributed by atoms with Crippen molar-refractivity contribution >= 4 is 10.0 Å². The van der Waals surface area contributed by atoms with Gasteiger partial charge in [0.2, 0.25) is 10.0 Å². The van der Waals surface area contributed by atoms with Gasteiger partial charge in [0.05, 0.1) is 0 Å². The number of alkyl halides is 3. The number of pyridine rings is 1. The molecule has 0 saturated heterocycles. The van der Waals surface area contributed by atoms with Crippen LogP contribution in [0.15, 0.2) is 18.3 Å². The third-order valence-electron chi connectivity index (χ3n) is 1.86. The SMILES string of the molecule is Cc1ccc(C(C(F)(F)F)S(N)(=O)=O)cn1. The first-order valence-electron chi connectivity index (χ1n) is 4.13. The van der Waals surface area contributed by atoms with E-state index in [0.29, 0.717) is 5.69 Å². The highest BCUT2D eigenvalue weighted by molar-refractivity contribution is 7.89. The van der Waals surface area contributed by atoms with Crippen LogP contribution in [-0.2, 0) is 10.0 Å². The van der Waals surface area contributed by atoms with Gasteiger partial charge in [-0.3, -0.25) is 4.98 Å². The van der Waals surface area contributed by atoms with E-state index in [2.05, 4.69) is 10.1 Å². The minimum absolute atomic E-state index is 0.485. The second-order valence-electron chi connectivity index (χ2n) is 3.24. The summed E-state index contributed by atoms with van der Waals surface area (Å²) in [6.45, 7) is 1.57. The van der Waals surface area contributed by atoms with E-state index in [1.54, 1.807) is 6.92 Å². The molecule has 90 valence electrons. The van der Waals surface area contributed by atoms with Crippen LogP contribution in [0, 0.1) is 6.92 Å². The van der Waals surface area contributed by atoms with E-state index in [9.17, 15) is 21.6 Å². The molecular weight excluding hydrogens is 245 g/mol. The minimum atomic E-state index is -4.95. The van der Waals surface area contributed by atoms with Crippen molar-refractivity contribution in [1.82, 2.24) is 4.98 Å². The van der Waals surface area contributed by atoms with Crippen molar-refractivity contribution in [2.45, 2.75) is 18.3 Å². The molecule has 8 heteroatoms. The summed E-state index contributed by atoms with van der Waals surface area (Å²) < 4.78 is 59.3. The number of hydrogen-bond acceptors (Lipinski definition) is 3. The minimum Gasteiger partial charge on any atom is -0.261 e. The molecule has 1 aromatic heterocycles. The number of hydrogen-bond donors (Lipinski definition) is 1. The summed E-state index contributed by atoms with van der Waals surface area (Å²) in [5.74, 6) is 0. The molecule has 4 nitrogen and oxygen atoms in total. The Morgan fingerprint density at radius 1 is 1.38 bits per heavy atom. The lowest BCUT2D eigenvalue weighted by molar-refractivity contribution is -0.131. The lowest BCUT2D eigenvalue weighted by Crippen LogP contribution is -2.33. The van der Waals surface area contributed by atoms with Gasteiger partial charge < -0.3 is 0 Å². The number of aryl methyl sites for hydroxylation is 1. The predicted octanol–water partition coefficient (Wildman–Crippen LogP) is 1.28. The molecule has 1 unspecified atom stereocenters. The van der Waals surface area contributed by atoms with Crippen LogP contribution in [0.5, 0.6) is 0 Å². The van der Waals surface area contributed by atoms with Crippen molar-refractivity contribution < 1.29 is 21.6 Å². The molecule has 0 aliphatic rings. The Morgan fingerprint density at radius 3 is 2.25 bits per heavy atom. The van der Waals surface area contributed by atoms with Crippen LogP contribution in [0.4, 0.5) is 13.2 Å². The maximum Gasteiger partial charge on any atom is 0.410 e. The molecule has 0 aliphatic heterocycles. The molecule has 1 atom stereocenters. The fraction of sp³-hybridized carbons (Fsp3) is 0.375. The Morgan fingerprint density at radius 2 is 1.94 bits per heavy atom. The van der Waals surface area contributed by atoms with Gasteiger partial charge in [0.1, 0.15) is 0 Å². The van der Waals surface area contributed by atoms with E-state index in [1.165, 1.54) is 6.07 Å². The highest BCUT2D eigenvalue weighted by Gasteiger charge is 2.48. The van der Waals surface area contributed by atoms with Crippen molar-refractivity contribution in [2.24, 2.45) is 5.14 Å². The maximum atomic E-state index is 12.5. The van der Waals surface area contributed by atoms with Crippen molar-refractivity contribution in [3.8, 4) is 0 Å². The number of nitrogens with two attached hydrogens (primary N) is 1. The van der Waals surface area contributed by atoms with Crippen LogP contribution < -0.4 is 5.14 Å². The molecule has 0 fully saturated rings. The van der Waals surface area contributed by atoms with Gasteiger partial charge in [-0.2, -0.15) is 13.2 Å². The average molecular weight is 254 g/mol. The molecule has 1 rings (SSSR count). The van der Waals surface area contributed by atoms with Crippen molar-refractivity contribution in [3.05, 3.63) is 29.6 Å². The van der Waals surface area contributed by atoms with Gasteiger partial charge >= 0.3 is 6.18 Å². The van der Waals surface area contributed by atoms with Gasteiger partial charge in [-0.05, 0) is 18.6 Å². The van der Waals surface area contributed by atoms with Crippen molar-refractivity contribution in [1.29, 1.82) is 0 Å². The topological polar surface area (TPSA) is 73.1 Å². The second kappa shape index (κ2) is 4.02. The third-order valence-corrected chi connectivity index (χ3v) is 3.06. The lowest BCUT2D eigenvalue weighted by atomic mass is 10.2. The van der Waals surface area contributed by atoms with Crippen LogP contribution in [0.2, 0.25) is 0 Å². The van der Waals surface area contributed by atoms with E-state index >= 15 is 0 Å². The van der Waals surface area contributed by atoms with E-state index in [1.807, 2.05) is 0 Å². The molecule has 0 radical (unpaired) electrons. The quantitative estimate of drug-likeness (QED) is 0.864. The van der Waals surface area contributed by atoms with Crippen LogP contribution >= 0.6 is 0 Å². The zero-order valence-corrected chi connectivity index (χ0v) is 9.01. The van der Waals surface area contributed by atoms with Gasteiger partial charge in [0.15, 0.2) is 5.25 Å². The average Bonchev–Trinajstić information content (AvgIpc) is 2.03. The Hall–Kier alpha value is -1.15. The highest BCUT2D eigenvalue weighted by Crippen LogP contribution is 2.37. The number of aromatic nitrogens is 1. The standard InChI is InChI=1S/C8H9F3N2O2S/c1-5-2-3-6(4-13-5)7(8(9,10)11)16(12,14)15/h2-4,7H,1H3,(H2,12,14,15). The molecule has 0 spiro atoms. The molecule has 0 saturated carbocycles. The van der Waals surface area contributed by atoms with Gasteiger partial charge in [-0.15, -0.1) is 0 Å². The molecule has 0 aromatic carbocycles. The largest absolute Gasteiger partial charge is 0.410 e. The number of sulfonamides is 1. The van der Waals surface area contributed by atoms with Gasteiger partial charge in [-0.1, -0.05) is 6.07 Å². The summed E-state index contributed by atoms with van der Waals surface area (Å²) in [6.07, 6.45) is -4.09. The van der Waals surface area contributed by atoms with Crippen molar-refractivity contribution in [3.63, 3.8) is 0 Å². The monoisotopic (exact) mass is 254 g/mol. The normalized spacial score (nSPS) is 14.8. The Bertz CT molecular complexity index is 467. The van der Waals surface area contributed by atoms with Crippen molar-refractivity contribution in [2.75, 3.05) is 0 Å². The number of primary sulfonamides is 1. The molecule has 0 amide bonds. The van der Waals surface area contributed by atoms with Crippen LogP contribution in [-0.4, -0.2) is 19.6 Å². The first kappa shape index (κ1) is 12.9. The fourth-order valence-corrected chi connectivity index (χ4v) is 2.09. The Labute approximate surface area is 90.3 Å². The zero-order chi connectivity index (χ0) is 12.6. The van der Waals surface area contributed by atoms with E-state index < -0.39 is 27.0 Å². The molecular formula is C8H9F3N2O2S. The Kier molecular flexibility index (Phi) is 3.25. The second-order valence-corrected chi connectivity index (χ2v) is 4.89. The third kappa shape index (κ3) is 2.92. The molecule has 1 heterocycles. The molecule has 2 N–H and O–H groups in total. The van der Waals surface area contributed by atoms with Crippen LogP contribution in [0.3, 0.4) is 0 Å². The molecule has 0 bridgehead atoms. The maximum absolute atomic E-state index is 12.5. The molecule has 16 heavy (non-hydrogen) atoms. The van der Waals surface area contributed by atoms with E-state index in [-0.39, 0.29) is 0 Å². The Balaban J connectivity index is 3.29. The first-order chi connectivity index (χ1) is 7.12. The van der Waals surface area contributed by atoms with Crippen LogP contribution in [0.25, 0.3) is 0 Å². The zero-order valence-electron chi connectivity index (χ0n) is 8.19.